The number of hydrogen-bond donors (Lipinski definition) is 0. The van der Waals surface area contributed by atoms with Crippen molar-refractivity contribution in [1.82, 2.24) is 4.57 Å². The molecule has 0 aliphatic carbocycles. The molecule has 5 nitrogen and oxygen atoms in total. The van der Waals surface area contributed by atoms with E-state index >= 15 is 0 Å². The zero-order valence-corrected chi connectivity index (χ0v) is 16.2. The molecule has 3 rings (SSSR count). The second kappa shape index (κ2) is 7.74. The van der Waals surface area contributed by atoms with Gasteiger partial charge in [0.1, 0.15) is 17.0 Å². The summed E-state index contributed by atoms with van der Waals surface area (Å²) in [7, 11) is 3.55. The number of aryl methyl sites for hydroxylation is 2. The Labute approximate surface area is 156 Å². The maximum Gasteiger partial charge on any atom is 0.252 e. The molecule has 1 amide bonds. The summed E-state index contributed by atoms with van der Waals surface area (Å²) in [5.74, 6) is 1.45. The molecule has 0 aliphatic rings. The van der Waals surface area contributed by atoms with E-state index < -0.39 is 0 Å². The van der Waals surface area contributed by atoms with Crippen LogP contribution in [0.15, 0.2) is 41.4 Å². The minimum atomic E-state index is -0.172. The van der Waals surface area contributed by atoms with Crippen molar-refractivity contribution in [1.29, 1.82) is 0 Å². The van der Waals surface area contributed by atoms with Crippen LogP contribution < -0.4 is 14.3 Å². The first kappa shape index (κ1) is 18.2. The van der Waals surface area contributed by atoms with Crippen molar-refractivity contribution in [3.05, 3.63) is 52.3 Å². The van der Waals surface area contributed by atoms with E-state index in [9.17, 15) is 4.79 Å². The minimum Gasteiger partial charge on any atom is -0.496 e. The summed E-state index contributed by atoms with van der Waals surface area (Å²) in [6.07, 6.45) is 0.261. The molecular weight excluding hydrogens is 348 g/mol. The van der Waals surface area contributed by atoms with E-state index in [-0.39, 0.29) is 12.3 Å². The van der Waals surface area contributed by atoms with Crippen LogP contribution in [-0.4, -0.2) is 24.2 Å². The summed E-state index contributed by atoms with van der Waals surface area (Å²) in [5, 5.41) is 0. The highest BCUT2D eigenvalue weighted by Gasteiger charge is 2.10. The fourth-order valence-corrected chi connectivity index (χ4v) is 3.97. The quantitative estimate of drug-likeness (QED) is 0.689. The van der Waals surface area contributed by atoms with E-state index in [4.69, 9.17) is 9.47 Å². The molecule has 0 bridgehead atoms. The lowest BCUT2D eigenvalue weighted by atomic mass is 10.1. The van der Waals surface area contributed by atoms with E-state index in [0.717, 1.165) is 32.8 Å². The molecular formula is C20H22N2O3S. The highest BCUT2D eigenvalue weighted by atomic mass is 32.1. The Hall–Kier alpha value is -2.60. The van der Waals surface area contributed by atoms with Crippen LogP contribution in [0.5, 0.6) is 11.5 Å². The third-order valence-electron chi connectivity index (χ3n) is 4.12. The number of aromatic nitrogens is 1. The Balaban J connectivity index is 1.92. The minimum absolute atomic E-state index is 0.172. The van der Waals surface area contributed by atoms with E-state index in [0.29, 0.717) is 11.4 Å². The Bertz CT molecular complexity index is 1020. The molecule has 26 heavy (non-hydrogen) atoms. The van der Waals surface area contributed by atoms with Crippen LogP contribution in [0.3, 0.4) is 0 Å². The second-order valence-corrected chi connectivity index (χ2v) is 6.97. The lowest BCUT2D eigenvalue weighted by Gasteiger charge is -2.06. The van der Waals surface area contributed by atoms with Gasteiger partial charge in [0.15, 0.2) is 4.80 Å². The van der Waals surface area contributed by atoms with Crippen LogP contribution in [0.1, 0.15) is 18.1 Å². The van der Waals surface area contributed by atoms with Gasteiger partial charge in [-0.05, 0) is 43.2 Å². The average Bonchev–Trinajstić information content (AvgIpc) is 2.92. The Morgan fingerprint density at radius 2 is 2.04 bits per heavy atom. The van der Waals surface area contributed by atoms with Gasteiger partial charge in [-0.2, -0.15) is 4.99 Å². The summed E-state index contributed by atoms with van der Waals surface area (Å²) < 4.78 is 13.9. The van der Waals surface area contributed by atoms with E-state index in [1.807, 2.05) is 61.9 Å². The van der Waals surface area contributed by atoms with Gasteiger partial charge in [0, 0.05) is 7.05 Å². The predicted octanol–water partition coefficient (Wildman–Crippen LogP) is 3.63. The van der Waals surface area contributed by atoms with Gasteiger partial charge in [-0.1, -0.05) is 29.5 Å². The number of rotatable bonds is 5. The topological polar surface area (TPSA) is 52.8 Å². The van der Waals surface area contributed by atoms with E-state index in [2.05, 4.69) is 4.99 Å². The predicted molar refractivity (Wildman–Crippen MR) is 104 cm³/mol. The molecule has 0 fully saturated rings. The Morgan fingerprint density at radius 3 is 2.73 bits per heavy atom. The number of amides is 1. The van der Waals surface area contributed by atoms with Gasteiger partial charge in [0.2, 0.25) is 0 Å². The standard InChI is InChI=1S/C20H22N2O3S/c1-5-25-16-7-6-8-17-19(16)22(3)20(26-17)21-18(23)12-14-9-10-15(24-4)13(2)11-14/h6-11H,5,12H2,1-4H3. The largest absolute Gasteiger partial charge is 0.496 e. The monoisotopic (exact) mass is 370 g/mol. The van der Waals surface area contributed by atoms with Crippen LogP contribution in [0.4, 0.5) is 0 Å². The molecule has 0 saturated carbocycles. The van der Waals surface area contributed by atoms with Crippen molar-refractivity contribution in [2.24, 2.45) is 12.0 Å². The fourth-order valence-electron chi connectivity index (χ4n) is 2.92. The SMILES string of the molecule is CCOc1cccc2sc(=NC(=O)Cc3ccc(OC)c(C)c3)n(C)c12. The highest BCUT2D eigenvalue weighted by Crippen LogP contribution is 2.26. The Morgan fingerprint density at radius 1 is 1.23 bits per heavy atom. The molecule has 1 heterocycles. The summed E-state index contributed by atoms with van der Waals surface area (Å²) in [6.45, 7) is 4.51. The van der Waals surface area contributed by atoms with Gasteiger partial charge >= 0.3 is 0 Å². The van der Waals surface area contributed by atoms with Crippen molar-refractivity contribution in [3.8, 4) is 11.5 Å². The zero-order valence-electron chi connectivity index (χ0n) is 15.4. The number of ether oxygens (including phenoxy) is 2. The Kier molecular flexibility index (Phi) is 5.42. The summed E-state index contributed by atoms with van der Waals surface area (Å²) in [5.41, 5.74) is 2.90. The van der Waals surface area contributed by atoms with Crippen molar-refractivity contribution < 1.29 is 14.3 Å². The highest BCUT2D eigenvalue weighted by molar-refractivity contribution is 7.16. The van der Waals surface area contributed by atoms with Crippen LogP contribution in [0.2, 0.25) is 0 Å². The number of carbonyl (C=O) groups excluding carboxylic acids is 1. The van der Waals surface area contributed by atoms with Crippen LogP contribution in [-0.2, 0) is 18.3 Å². The first-order valence-corrected chi connectivity index (χ1v) is 9.27. The number of methoxy groups -OCH3 is 1. The number of fused-ring (bicyclic) bond motifs is 1. The molecule has 6 heteroatoms. The normalized spacial score (nSPS) is 11.8. The van der Waals surface area contributed by atoms with E-state index in [1.54, 1.807) is 7.11 Å². The molecule has 0 spiro atoms. The van der Waals surface area contributed by atoms with Gasteiger partial charge in [-0.15, -0.1) is 0 Å². The zero-order chi connectivity index (χ0) is 18.7. The van der Waals surface area contributed by atoms with E-state index in [1.165, 1.54) is 11.3 Å². The lowest BCUT2D eigenvalue weighted by Crippen LogP contribution is -2.14. The molecule has 0 aliphatic heterocycles. The van der Waals surface area contributed by atoms with Crippen LogP contribution in [0, 0.1) is 6.92 Å². The smallest absolute Gasteiger partial charge is 0.252 e. The number of benzene rings is 2. The van der Waals surface area contributed by atoms with Crippen LogP contribution >= 0.6 is 11.3 Å². The molecule has 0 N–H and O–H groups in total. The maximum absolute atomic E-state index is 12.5. The number of para-hydroxylation sites is 1. The van der Waals surface area contributed by atoms with Gasteiger partial charge in [0.05, 0.1) is 24.8 Å². The number of nitrogens with zero attached hydrogens (tertiary/aromatic N) is 2. The van der Waals surface area contributed by atoms with Crippen molar-refractivity contribution >= 4 is 27.5 Å². The van der Waals surface area contributed by atoms with Gasteiger partial charge < -0.3 is 14.0 Å². The molecule has 0 unspecified atom stereocenters. The summed E-state index contributed by atoms with van der Waals surface area (Å²) >= 11 is 1.49. The molecule has 1 aromatic heterocycles. The number of carbonyl (C=O) groups is 1. The van der Waals surface area contributed by atoms with Crippen molar-refractivity contribution in [3.63, 3.8) is 0 Å². The number of thiazole rings is 1. The average molecular weight is 370 g/mol. The molecule has 3 aromatic rings. The summed E-state index contributed by atoms with van der Waals surface area (Å²) in [4.78, 5) is 17.4. The molecule has 136 valence electrons. The maximum atomic E-state index is 12.5. The summed E-state index contributed by atoms with van der Waals surface area (Å²) in [6, 6.07) is 11.6. The van der Waals surface area contributed by atoms with Crippen molar-refractivity contribution in [2.45, 2.75) is 20.3 Å². The first-order chi connectivity index (χ1) is 12.5. The third kappa shape index (κ3) is 3.65. The fraction of sp³-hybridized carbons (Fsp3) is 0.300. The van der Waals surface area contributed by atoms with Gasteiger partial charge in [-0.25, -0.2) is 0 Å². The first-order valence-electron chi connectivity index (χ1n) is 8.46. The van der Waals surface area contributed by atoms with Gasteiger partial charge in [0.25, 0.3) is 5.91 Å². The number of hydrogen-bond acceptors (Lipinski definition) is 4. The molecule has 2 aromatic carbocycles. The lowest BCUT2D eigenvalue weighted by molar-refractivity contribution is -0.117. The molecule has 0 saturated heterocycles. The van der Waals surface area contributed by atoms with Crippen molar-refractivity contribution in [2.75, 3.05) is 13.7 Å². The van der Waals surface area contributed by atoms with Gasteiger partial charge in [-0.3, -0.25) is 4.79 Å². The van der Waals surface area contributed by atoms with Crippen LogP contribution in [0.25, 0.3) is 10.2 Å². The third-order valence-corrected chi connectivity index (χ3v) is 5.22. The second-order valence-electron chi connectivity index (χ2n) is 5.97. The molecule has 0 radical (unpaired) electrons. The molecule has 0 atom stereocenters.